The number of aromatic nitrogens is 5. The number of anilines is 2. The number of thiazole rings is 1. The normalized spacial score (nSPS) is 19.3. The van der Waals surface area contributed by atoms with Crippen molar-refractivity contribution in [3.63, 3.8) is 0 Å². The number of piperidine rings is 1. The van der Waals surface area contributed by atoms with Crippen molar-refractivity contribution in [3.8, 4) is 10.4 Å². The number of H-pyrrole nitrogens is 1. The van der Waals surface area contributed by atoms with Crippen molar-refractivity contribution in [1.29, 1.82) is 0 Å². The van der Waals surface area contributed by atoms with Gasteiger partial charge in [0.1, 0.15) is 5.82 Å². The number of nitrogens with one attached hydrogen (secondary N) is 2. The highest BCUT2D eigenvalue weighted by atomic mass is 32.1. The van der Waals surface area contributed by atoms with Gasteiger partial charge in [0.25, 0.3) is 0 Å². The van der Waals surface area contributed by atoms with Gasteiger partial charge in [-0.25, -0.2) is 15.0 Å². The van der Waals surface area contributed by atoms with Crippen LogP contribution in [0.5, 0.6) is 0 Å². The molecule has 0 spiro atoms. The first-order chi connectivity index (χ1) is 14.3. The summed E-state index contributed by atoms with van der Waals surface area (Å²) in [6, 6.07) is 6.42. The molecule has 7 nitrogen and oxygen atoms in total. The average molecular weight is 406 g/mol. The zero-order valence-corrected chi connectivity index (χ0v) is 17.0. The van der Waals surface area contributed by atoms with Gasteiger partial charge in [0.15, 0.2) is 10.8 Å². The molecule has 0 bridgehead atoms. The Morgan fingerprint density at radius 2 is 2.03 bits per heavy atom. The van der Waals surface area contributed by atoms with E-state index < -0.39 is 0 Å². The molecule has 1 unspecified atom stereocenters. The molecule has 2 aliphatic rings. The lowest BCUT2D eigenvalue weighted by molar-refractivity contribution is 0.543. The Bertz CT molecular complexity index is 1150. The molecular weight excluding hydrogens is 382 g/mol. The molecule has 0 aromatic carbocycles. The fraction of sp³-hybridized carbons (Fsp3) is 0.381. The van der Waals surface area contributed by atoms with E-state index in [9.17, 15) is 0 Å². The van der Waals surface area contributed by atoms with E-state index in [1.54, 1.807) is 17.7 Å². The van der Waals surface area contributed by atoms with E-state index >= 15 is 0 Å². The van der Waals surface area contributed by atoms with Crippen LogP contribution in [0.4, 0.5) is 10.9 Å². The first kappa shape index (κ1) is 17.0. The second kappa shape index (κ2) is 6.88. The third-order valence-corrected chi connectivity index (χ3v) is 7.08. The van der Waals surface area contributed by atoms with E-state index in [4.69, 9.17) is 9.97 Å². The Hall–Kier alpha value is -2.87. The molecule has 29 heavy (non-hydrogen) atoms. The van der Waals surface area contributed by atoms with E-state index in [2.05, 4.69) is 49.1 Å². The maximum absolute atomic E-state index is 4.74. The van der Waals surface area contributed by atoms with Crippen molar-refractivity contribution in [2.24, 2.45) is 0 Å². The Balaban J connectivity index is 1.24. The molecular formula is C21H23N7S. The monoisotopic (exact) mass is 405 g/mol. The van der Waals surface area contributed by atoms with Crippen LogP contribution in [0.3, 0.4) is 0 Å². The van der Waals surface area contributed by atoms with Crippen LogP contribution >= 0.6 is 11.3 Å². The van der Waals surface area contributed by atoms with Crippen molar-refractivity contribution in [2.75, 3.05) is 29.9 Å². The lowest BCUT2D eigenvalue weighted by atomic mass is 10.0. The van der Waals surface area contributed by atoms with Crippen LogP contribution in [-0.2, 0) is 6.54 Å². The summed E-state index contributed by atoms with van der Waals surface area (Å²) < 4.78 is 2.31. The molecule has 0 saturated carbocycles. The predicted molar refractivity (Wildman–Crippen MR) is 117 cm³/mol. The molecule has 1 fully saturated rings. The number of hydrogen-bond acceptors (Lipinski definition) is 6. The van der Waals surface area contributed by atoms with Crippen LogP contribution in [0.1, 0.15) is 30.9 Å². The fourth-order valence-electron chi connectivity index (χ4n) is 4.37. The van der Waals surface area contributed by atoms with Crippen molar-refractivity contribution < 1.29 is 0 Å². The second-order valence-corrected chi connectivity index (χ2v) is 8.92. The zero-order valence-electron chi connectivity index (χ0n) is 16.1. The number of aromatic amines is 1. The highest BCUT2D eigenvalue weighted by Crippen LogP contribution is 2.36. The van der Waals surface area contributed by atoms with E-state index in [-0.39, 0.29) is 0 Å². The number of rotatable bonds is 3. The van der Waals surface area contributed by atoms with E-state index in [0.717, 1.165) is 48.2 Å². The maximum Gasteiger partial charge on any atom is 0.185 e. The summed E-state index contributed by atoms with van der Waals surface area (Å²) in [5.74, 6) is 1.50. The third kappa shape index (κ3) is 3.07. The summed E-state index contributed by atoms with van der Waals surface area (Å²) in [5.41, 5.74) is 4.10. The summed E-state index contributed by atoms with van der Waals surface area (Å²) in [5, 5.41) is 4.74. The van der Waals surface area contributed by atoms with Gasteiger partial charge in [-0.15, -0.1) is 0 Å². The first-order valence-corrected chi connectivity index (χ1v) is 11.1. The third-order valence-electron chi connectivity index (χ3n) is 5.97. The minimum absolute atomic E-state index is 0.328. The number of imidazole rings is 1. The van der Waals surface area contributed by atoms with Crippen LogP contribution in [0, 0.1) is 0 Å². The molecule has 4 aromatic rings. The molecule has 8 heteroatoms. The predicted octanol–water partition coefficient (Wildman–Crippen LogP) is 4.08. The number of nitrogens with zero attached hydrogens (tertiary/aromatic N) is 5. The van der Waals surface area contributed by atoms with Crippen molar-refractivity contribution in [1.82, 2.24) is 24.5 Å². The fourth-order valence-corrected chi connectivity index (χ4v) is 5.31. The Labute approximate surface area is 172 Å². The van der Waals surface area contributed by atoms with E-state index in [1.165, 1.54) is 35.5 Å². The minimum Gasteiger partial charge on any atom is -0.371 e. The van der Waals surface area contributed by atoms with Gasteiger partial charge in [-0.3, -0.25) is 0 Å². The number of pyridine rings is 1. The molecule has 2 aliphatic heterocycles. The molecule has 0 radical (unpaired) electrons. The van der Waals surface area contributed by atoms with Gasteiger partial charge in [-0.1, -0.05) is 11.3 Å². The van der Waals surface area contributed by atoms with Crippen molar-refractivity contribution >= 4 is 33.5 Å². The minimum atomic E-state index is 0.328. The smallest absolute Gasteiger partial charge is 0.185 e. The lowest BCUT2D eigenvalue weighted by Crippen LogP contribution is -2.29. The van der Waals surface area contributed by atoms with Crippen LogP contribution in [-0.4, -0.2) is 44.1 Å². The molecule has 4 aromatic heterocycles. The molecule has 6 heterocycles. The SMILES string of the molecule is c1nc2nc(C3CNc4cc(-c5cnc(N6CCCCC6)s5)cn4C3)ccc2[nH]1. The van der Waals surface area contributed by atoms with Crippen LogP contribution in [0.25, 0.3) is 21.6 Å². The van der Waals surface area contributed by atoms with Gasteiger partial charge in [0, 0.05) is 55.7 Å². The molecule has 1 atom stereocenters. The van der Waals surface area contributed by atoms with E-state index in [1.807, 2.05) is 6.20 Å². The molecule has 0 aliphatic carbocycles. The molecule has 1 saturated heterocycles. The first-order valence-electron chi connectivity index (χ1n) is 10.3. The summed E-state index contributed by atoms with van der Waals surface area (Å²) in [6.45, 7) is 4.07. The maximum atomic E-state index is 4.74. The second-order valence-electron chi connectivity index (χ2n) is 7.91. The highest BCUT2D eigenvalue weighted by Gasteiger charge is 2.23. The zero-order chi connectivity index (χ0) is 19.2. The van der Waals surface area contributed by atoms with Gasteiger partial charge in [0.2, 0.25) is 0 Å². The van der Waals surface area contributed by atoms with Gasteiger partial charge < -0.3 is 19.8 Å². The highest BCUT2D eigenvalue weighted by molar-refractivity contribution is 7.18. The standard InChI is InChI=1S/C21H23N7S/c1-2-6-27(7-3-1)21-23-10-18(29-21)14-8-19-22-9-15(12-28(19)11-14)16-4-5-17-20(26-16)25-13-24-17/h4-5,8,10-11,13,15,22H,1-3,6-7,9,12H2,(H,24,25,26). The van der Waals surface area contributed by atoms with Gasteiger partial charge >= 0.3 is 0 Å². The topological polar surface area (TPSA) is 74.7 Å². The van der Waals surface area contributed by atoms with Crippen LogP contribution < -0.4 is 10.2 Å². The summed E-state index contributed by atoms with van der Waals surface area (Å²) in [4.78, 5) is 20.5. The Kier molecular flexibility index (Phi) is 4.04. The number of hydrogen-bond donors (Lipinski definition) is 2. The average Bonchev–Trinajstić information content (AvgIpc) is 3.52. The largest absolute Gasteiger partial charge is 0.371 e. The summed E-state index contributed by atoms with van der Waals surface area (Å²) >= 11 is 1.81. The molecule has 0 amide bonds. The molecule has 148 valence electrons. The Morgan fingerprint density at radius 3 is 2.97 bits per heavy atom. The molecule has 2 N–H and O–H groups in total. The van der Waals surface area contributed by atoms with Crippen LogP contribution in [0.15, 0.2) is 36.9 Å². The van der Waals surface area contributed by atoms with Gasteiger partial charge in [0.05, 0.1) is 16.7 Å². The Morgan fingerprint density at radius 1 is 1.10 bits per heavy atom. The van der Waals surface area contributed by atoms with Crippen molar-refractivity contribution in [3.05, 3.63) is 42.6 Å². The van der Waals surface area contributed by atoms with Crippen molar-refractivity contribution in [2.45, 2.75) is 31.7 Å². The quantitative estimate of drug-likeness (QED) is 0.537. The lowest BCUT2D eigenvalue weighted by Gasteiger charge is -2.25. The van der Waals surface area contributed by atoms with Gasteiger partial charge in [-0.05, 0) is 37.5 Å². The van der Waals surface area contributed by atoms with E-state index in [0.29, 0.717) is 5.92 Å². The molecule has 6 rings (SSSR count). The summed E-state index contributed by atoms with van der Waals surface area (Å²) in [7, 11) is 0. The van der Waals surface area contributed by atoms with Gasteiger partial charge in [-0.2, -0.15) is 0 Å². The number of fused-ring (bicyclic) bond motifs is 2. The summed E-state index contributed by atoms with van der Waals surface area (Å²) in [6.07, 6.45) is 9.87. The van der Waals surface area contributed by atoms with Crippen LogP contribution in [0.2, 0.25) is 0 Å².